The van der Waals surface area contributed by atoms with Crippen LogP contribution in [0.5, 0.6) is 0 Å². The molecular weight excluding hydrogens is 248 g/mol. The number of benzene rings is 1. The van der Waals surface area contributed by atoms with Gasteiger partial charge in [-0.3, -0.25) is 9.55 Å². The Hall–Kier alpha value is -2.20. The normalized spacial score (nSPS) is 17.6. The SMILES string of the molecule is Cc1nc2cnccc2n1-c1ccc2c(c1)CC(N)C2. The Morgan fingerprint density at radius 1 is 1.20 bits per heavy atom. The summed E-state index contributed by atoms with van der Waals surface area (Å²) in [5.41, 5.74) is 12.0. The van der Waals surface area contributed by atoms with Crippen molar-refractivity contribution in [1.82, 2.24) is 14.5 Å². The predicted molar refractivity (Wildman–Crippen MR) is 79.0 cm³/mol. The summed E-state index contributed by atoms with van der Waals surface area (Å²) in [5.74, 6) is 0.982. The molecule has 0 fully saturated rings. The highest BCUT2D eigenvalue weighted by Gasteiger charge is 2.19. The van der Waals surface area contributed by atoms with E-state index in [0.717, 1.165) is 35.4 Å². The van der Waals surface area contributed by atoms with Crippen LogP contribution in [0, 0.1) is 6.92 Å². The van der Waals surface area contributed by atoms with E-state index in [9.17, 15) is 0 Å². The lowest BCUT2D eigenvalue weighted by Crippen LogP contribution is -2.18. The third-order valence-corrected chi connectivity index (χ3v) is 4.04. The number of nitrogens with two attached hydrogens (primary N) is 1. The van der Waals surface area contributed by atoms with Crippen molar-refractivity contribution in [2.24, 2.45) is 5.73 Å². The molecule has 1 aliphatic carbocycles. The third kappa shape index (κ3) is 1.65. The molecule has 4 heteroatoms. The van der Waals surface area contributed by atoms with Gasteiger partial charge < -0.3 is 5.73 Å². The first-order chi connectivity index (χ1) is 9.72. The van der Waals surface area contributed by atoms with Gasteiger partial charge in [-0.15, -0.1) is 0 Å². The van der Waals surface area contributed by atoms with Crippen molar-refractivity contribution in [3.63, 3.8) is 0 Å². The van der Waals surface area contributed by atoms with Gasteiger partial charge in [0.25, 0.3) is 0 Å². The lowest BCUT2D eigenvalue weighted by molar-refractivity contribution is 0.721. The van der Waals surface area contributed by atoms with E-state index in [2.05, 4.69) is 32.7 Å². The molecule has 4 nitrogen and oxygen atoms in total. The molecule has 0 spiro atoms. The van der Waals surface area contributed by atoms with E-state index < -0.39 is 0 Å². The van der Waals surface area contributed by atoms with Gasteiger partial charge in [0, 0.05) is 17.9 Å². The molecule has 0 saturated carbocycles. The van der Waals surface area contributed by atoms with Gasteiger partial charge in [-0.25, -0.2) is 4.98 Å². The van der Waals surface area contributed by atoms with Crippen molar-refractivity contribution < 1.29 is 0 Å². The highest BCUT2D eigenvalue weighted by atomic mass is 15.1. The first-order valence-corrected chi connectivity index (χ1v) is 6.89. The number of hydrogen-bond donors (Lipinski definition) is 1. The van der Waals surface area contributed by atoms with Crippen molar-refractivity contribution in [2.45, 2.75) is 25.8 Å². The topological polar surface area (TPSA) is 56.7 Å². The van der Waals surface area contributed by atoms with Crippen LogP contribution in [0.4, 0.5) is 0 Å². The van der Waals surface area contributed by atoms with Crippen molar-refractivity contribution in [1.29, 1.82) is 0 Å². The number of pyridine rings is 1. The quantitative estimate of drug-likeness (QED) is 0.732. The molecule has 0 saturated heterocycles. The second kappa shape index (κ2) is 4.15. The van der Waals surface area contributed by atoms with Crippen LogP contribution in [-0.2, 0) is 12.8 Å². The minimum absolute atomic E-state index is 0.269. The summed E-state index contributed by atoms with van der Waals surface area (Å²) in [6, 6.07) is 8.88. The summed E-state index contributed by atoms with van der Waals surface area (Å²) in [6.45, 7) is 2.03. The van der Waals surface area contributed by atoms with Gasteiger partial charge in [-0.05, 0) is 49.1 Å². The molecule has 0 aliphatic heterocycles. The second-order valence-electron chi connectivity index (χ2n) is 5.48. The number of aryl methyl sites for hydroxylation is 1. The van der Waals surface area contributed by atoms with Gasteiger partial charge in [0.2, 0.25) is 0 Å². The summed E-state index contributed by atoms with van der Waals surface area (Å²) in [6.07, 6.45) is 5.57. The molecule has 1 aromatic carbocycles. The smallest absolute Gasteiger partial charge is 0.111 e. The van der Waals surface area contributed by atoms with E-state index in [4.69, 9.17) is 5.73 Å². The molecule has 20 heavy (non-hydrogen) atoms. The van der Waals surface area contributed by atoms with E-state index in [-0.39, 0.29) is 6.04 Å². The van der Waals surface area contributed by atoms with Gasteiger partial charge >= 0.3 is 0 Å². The lowest BCUT2D eigenvalue weighted by atomic mass is 10.1. The zero-order valence-corrected chi connectivity index (χ0v) is 11.4. The van der Waals surface area contributed by atoms with Crippen LogP contribution in [0.3, 0.4) is 0 Å². The van der Waals surface area contributed by atoms with Crippen molar-refractivity contribution >= 4 is 11.0 Å². The lowest BCUT2D eigenvalue weighted by Gasteiger charge is -2.09. The number of hydrogen-bond acceptors (Lipinski definition) is 3. The maximum absolute atomic E-state index is 6.05. The Kier molecular flexibility index (Phi) is 2.41. The molecular formula is C16H16N4. The van der Waals surface area contributed by atoms with Gasteiger partial charge in [0.1, 0.15) is 11.3 Å². The minimum Gasteiger partial charge on any atom is -0.327 e. The molecule has 1 unspecified atom stereocenters. The fraction of sp³-hybridized carbons (Fsp3) is 0.250. The predicted octanol–water partition coefficient (Wildman–Crippen LogP) is 2.15. The molecule has 0 radical (unpaired) electrons. The first-order valence-electron chi connectivity index (χ1n) is 6.89. The van der Waals surface area contributed by atoms with Crippen LogP contribution in [0.25, 0.3) is 16.7 Å². The van der Waals surface area contributed by atoms with Crippen molar-refractivity contribution in [3.05, 3.63) is 53.6 Å². The Balaban J connectivity index is 1.92. The first kappa shape index (κ1) is 11.6. The van der Waals surface area contributed by atoms with E-state index in [0.29, 0.717) is 0 Å². The molecule has 0 amide bonds. The van der Waals surface area contributed by atoms with E-state index >= 15 is 0 Å². The summed E-state index contributed by atoms with van der Waals surface area (Å²) < 4.78 is 2.18. The highest BCUT2D eigenvalue weighted by Crippen LogP contribution is 2.26. The molecule has 2 N–H and O–H groups in total. The zero-order valence-electron chi connectivity index (χ0n) is 11.4. The average Bonchev–Trinajstić information content (AvgIpc) is 2.95. The largest absolute Gasteiger partial charge is 0.327 e. The highest BCUT2D eigenvalue weighted by molar-refractivity contribution is 5.77. The molecule has 1 aliphatic rings. The maximum Gasteiger partial charge on any atom is 0.111 e. The molecule has 0 bridgehead atoms. The number of rotatable bonds is 1. The number of fused-ring (bicyclic) bond motifs is 2. The summed E-state index contributed by atoms with van der Waals surface area (Å²) in [5, 5.41) is 0. The van der Waals surface area contributed by atoms with Gasteiger partial charge in [-0.1, -0.05) is 6.07 Å². The standard InChI is InChI=1S/C16H16N4/c1-10-19-15-9-18-5-4-16(15)20(10)14-3-2-11-6-13(17)7-12(11)8-14/h2-5,8-9,13H,6-7,17H2,1H3. The molecule has 2 heterocycles. The molecule has 3 aromatic rings. The number of imidazole rings is 1. The van der Waals surface area contributed by atoms with Crippen LogP contribution in [-0.4, -0.2) is 20.6 Å². The van der Waals surface area contributed by atoms with Crippen molar-refractivity contribution in [2.75, 3.05) is 0 Å². The molecule has 4 rings (SSSR count). The van der Waals surface area contributed by atoms with Crippen LogP contribution in [0.15, 0.2) is 36.7 Å². The molecule has 100 valence electrons. The Morgan fingerprint density at radius 3 is 2.95 bits per heavy atom. The Bertz CT molecular complexity index is 803. The van der Waals surface area contributed by atoms with Gasteiger partial charge in [-0.2, -0.15) is 0 Å². The fourth-order valence-electron chi connectivity index (χ4n) is 3.16. The number of aromatic nitrogens is 3. The summed E-state index contributed by atoms with van der Waals surface area (Å²) >= 11 is 0. The average molecular weight is 264 g/mol. The molecule has 1 atom stereocenters. The van der Waals surface area contributed by atoms with Gasteiger partial charge in [0.05, 0.1) is 11.7 Å². The van der Waals surface area contributed by atoms with Crippen LogP contribution < -0.4 is 5.73 Å². The minimum atomic E-state index is 0.269. The third-order valence-electron chi connectivity index (χ3n) is 4.04. The summed E-state index contributed by atoms with van der Waals surface area (Å²) in [7, 11) is 0. The van der Waals surface area contributed by atoms with Gasteiger partial charge in [0.15, 0.2) is 0 Å². The van der Waals surface area contributed by atoms with E-state index in [1.54, 1.807) is 0 Å². The maximum atomic E-state index is 6.05. The van der Waals surface area contributed by atoms with E-state index in [1.165, 1.54) is 11.1 Å². The zero-order chi connectivity index (χ0) is 13.7. The van der Waals surface area contributed by atoms with Crippen LogP contribution >= 0.6 is 0 Å². The second-order valence-corrected chi connectivity index (χ2v) is 5.48. The molecule has 2 aromatic heterocycles. The number of nitrogens with zero attached hydrogens (tertiary/aromatic N) is 3. The monoisotopic (exact) mass is 264 g/mol. The Labute approximate surface area is 117 Å². The van der Waals surface area contributed by atoms with E-state index in [1.807, 2.05) is 25.4 Å². The fourth-order valence-corrected chi connectivity index (χ4v) is 3.16. The Morgan fingerprint density at radius 2 is 2.05 bits per heavy atom. The van der Waals surface area contributed by atoms with Crippen LogP contribution in [0.2, 0.25) is 0 Å². The van der Waals surface area contributed by atoms with Crippen LogP contribution in [0.1, 0.15) is 17.0 Å². The van der Waals surface area contributed by atoms with Crippen molar-refractivity contribution in [3.8, 4) is 5.69 Å². The summed E-state index contributed by atoms with van der Waals surface area (Å²) in [4.78, 5) is 8.71.